The van der Waals surface area contributed by atoms with Gasteiger partial charge in [-0.05, 0) is 33.4 Å². The van der Waals surface area contributed by atoms with Gasteiger partial charge in [0, 0.05) is 28.0 Å². The predicted molar refractivity (Wildman–Crippen MR) is 70.7 cm³/mol. The summed E-state index contributed by atoms with van der Waals surface area (Å²) in [5.74, 6) is 0.347. The molecule has 2 N–H and O–H groups in total. The normalized spacial score (nSPS) is 10.6. The molecule has 4 heteroatoms. The van der Waals surface area contributed by atoms with E-state index in [1.165, 1.54) is 4.88 Å². The van der Waals surface area contributed by atoms with Crippen LogP contribution in [0.4, 0.5) is 0 Å². The first-order valence-electron chi connectivity index (χ1n) is 4.97. The fourth-order valence-corrected chi connectivity index (χ4v) is 2.88. The summed E-state index contributed by atoms with van der Waals surface area (Å²) in [4.78, 5) is 1.27. The molecule has 0 aliphatic rings. The van der Waals surface area contributed by atoms with Gasteiger partial charge in [-0.15, -0.1) is 11.3 Å². The molecule has 1 aromatic carbocycles. The molecule has 0 bridgehead atoms. The Morgan fingerprint density at radius 3 is 2.69 bits per heavy atom. The van der Waals surface area contributed by atoms with E-state index in [1.54, 1.807) is 17.4 Å². The zero-order chi connectivity index (χ0) is 11.4. The summed E-state index contributed by atoms with van der Waals surface area (Å²) in [5.41, 5.74) is 0.926. The highest BCUT2D eigenvalue weighted by Crippen LogP contribution is 2.22. The quantitative estimate of drug-likeness (QED) is 0.905. The van der Waals surface area contributed by atoms with Crippen molar-refractivity contribution in [1.82, 2.24) is 5.32 Å². The van der Waals surface area contributed by atoms with Gasteiger partial charge >= 0.3 is 0 Å². The molecular weight excluding hydrogens is 286 g/mol. The van der Waals surface area contributed by atoms with Gasteiger partial charge in [0.25, 0.3) is 0 Å². The first-order valence-corrected chi connectivity index (χ1v) is 6.64. The Hall–Kier alpha value is -0.840. The van der Waals surface area contributed by atoms with E-state index in [2.05, 4.69) is 26.6 Å². The standard InChI is InChI=1S/C12H12BrNOS/c13-10-5-6-16-12(10)8-14-7-9-3-1-2-4-11(9)15/h1-6,14-15H,7-8H2. The van der Waals surface area contributed by atoms with Crippen LogP contribution >= 0.6 is 27.3 Å². The molecule has 0 amide bonds. The number of hydrogen-bond donors (Lipinski definition) is 2. The van der Waals surface area contributed by atoms with E-state index < -0.39 is 0 Å². The number of hydrogen-bond acceptors (Lipinski definition) is 3. The average molecular weight is 298 g/mol. The van der Waals surface area contributed by atoms with Crippen molar-refractivity contribution >= 4 is 27.3 Å². The highest BCUT2D eigenvalue weighted by Gasteiger charge is 2.02. The minimum atomic E-state index is 0.347. The SMILES string of the molecule is Oc1ccccc1CNCc1sccc1Br. The second-order valence-electron chi connectivity index (χ2n) is 3.42. The van der Waals surface area contributed by atoms with Crippen molar-refractivity contribution in [2.45, 2.75) is 13.1 Å². The third-order valence-electron chi connectivity index (χ3n) is 2.28. The Labute approximate surface area is 107 Å². The minimum Gasteiger partial charge on any atom is -0.508 e. The van der Waals surface area contributed by atoms with Crippen molar-refractivity contribution in [2.24, 2.45) is 0 Å². The Balaban J connectivity index is 1.89. The van der Waals surface area contributed by atoms with Gasteiger partial charge in [-0.25, -0.2) is 0 Å². The fraction of sp³-hybridized carbons (Fsp3) is 0.167. The first-order chi connectivity index (χ1) is 7.77. The van der Waals surface area contributed by atoms with Crippen molar-refractivity contribution < 1.29 is 5.11 Å². The van der Waals surface area contributed by atoms with E-state index in [0.29, 0.717) is 12.3 Å². The van der Waals surface area contributed by atoms with Crippen LogP contribution in [0.5, 0.6) is 5.75 Å². The molecule has 0 radical (unpaired) electrons. The largest absolute Gasteiger partial charge is 0.508 e. The maximum atomic E-state index is 9.58. The van der Waals surface area contributed by atoms with E-state index >= 15 is 0 Å². The molecule has 1 aromatic heterocycles. The smallest absolute Gasteiger partial charge is 0.120 e. The van der Waals surface area contributed by atoms with Crippen LogP contribution in [0.1, 0.15) is 10.4 Å². The van der Waals surface area contributed by atoms with Crippen molar-refractivity contribution in [3.63, 3.8) is 0 Å². The van der Waals surface area contributed by atoms with Crippen molar-refractivity contribution in [3.05, 3.63) is 50.6 Å². The molecule has 0 aliphatic heterocycles. The lowest BCUT2D eigenvalue weighted by molar-refractivity contribution is 0.464. The summed E-state index contributed by atoms with van der Waals surface area (Å²) in [6.07, 6.45) is 0. The molecular formula is C12H12BrNOS. The second-order valence-corrected chi connectivity index (χ2v) is 5.28. The third-order valence-corrected chi connectivity index (χ3v) is 4.21. The van der Waals surface area contributed by atoms with Crippen molar-refractivity contribution in [3.8, 4) is 5.75 Å². The fourth-order valence-electron chi connectivity index (χ4n) is 1.42. The molecule has 2 rings (SSSR count). The maximum Gasteiger partial charge on any atom is 0.120 e. The van der Waals surface area contributed by atoms with Gasteiger partial charge in [-0.3, -0.25) is 0 Å². The van der Waals surface area contributed by atoms with Gasteiger partial charge in [0.05, 0.1) is 0 Å². The molecule has 0 fully saturated rings. The number of halogens is 1. The molecule has 1 heterocycles. The van der Waals surface area contributed by atoms with E-state index in [-0.39, 0.29) is 0 Å². The van der Waals surface area contributed by atoms with Gasteiger partial charge in [0.15, 0.2) is 0 Å². The lowest BCUT2D eigenvalue weighted by Gasteiger charge is -2.05. The highest BCUT2D eigenvalue weighted by atomic mass is 79.9. The maximum absolute atomic E-state index is 9.58. The molecule has 0 saturated heterocycles. The zero-order valence-corrected chi connectivity index (χ0v) is 11.0. The Kier molecular flexibility index (Phi) is 3.98. The number of nitrogens with one attached hydrogen (secondary N) is 1. The number of para-hydroxylation sites is 1. The van der Waals surface area contributed by atoms with E-state index in [1.807, 2.05) is 24.3 Å². The molecule has 0 spiro atoms. The molecule has 2 nitrogen and oxygen atoms in total. The van der Waals surface area contributed by atoms with Crippen LogP contribution in [-0.4, -0.2) is 5.11 Å². The van der Waals surface area contributed by atoms with E-state index in [4.69, 9.17) is 0 Å². The molecule has 0 aliphatic carbocycles. The van der Waals surface area contributed by atoms with Crippen LogP contribution in [0.2, 0.25) is 0 Å². The second kappa shape index (κ2) is 5.48. The number of phenolic OH excluding ortho intramolecular Hbond substituents is 1. The average Bonchev–Trinajstić information content (AvgIpc) is 2.67. The number of aromatic hydroxyl groups is 1. The van der Waals surface area contributed by atoms with Crippen molar-refractivity contribution in [1.29, 1.82) is 0 Å². The Bertz CT molecular complexity index is 470. The summed E-state index contributed by atoms with van der Waals surface area (Å²) in [6, 6.07) is 9.43. The summed E-state index contributed by atoms with van der Waals surface area (Å²) in [7, 11) is 0. The lowest BCUT2D eigenvalue weighted by Crippen LogP contribution is -2.12. The number of benzene rings is 1. The number of thiophene rings is 1. The van der Waals surface area contributed by atoms with Crippen molar-refractivity contribution in [2.75, 3.05) is 0 Å². The number of phenols is 1. The van der Waals surface area contributed by atoms with E-state index in [9.17, 15) is 5.11 Å². The topological polar surface area (TPSA) is 32.3 Å². The monoisotopic (exact) mass is 297 g/mol. The Morgan fingerprint density at radius 1 is 1.19 bits per heavy atom. The lowest BCUT2D eigenvalue weighted by atomic mass is 10.2. The van der Waals surface area contributed by atoms with Gasteiger partial charge < -0.3 is 10.4 Å². The first kappa shape index (κ1) is 11.6. The predicted octanol–water partition coefficient (Wildman–Crippen LogP) is 3.51. The van der Waals surface area contributed by atoms with Gasteiger partial charge in [-0.2, -0.15) is 0 Å². The highest BCUT2D eigenvalue weighted by molar-refractivity contribution is 9.10. The zero-order valence-electron chi connectivity index (χ0n) is 8.61. The summed E-state index contributed by atoms with van der Waals surface area (Å²) in [5, 5.41) is 14.9. The molecule has 0 atom stereocenters. The minimum absolute atomic E-state index is 0.347. The van der Waals surface area contributed by atoms with E-state index in [0.717, 1.165) is 16.6 Å². The molecule has 16 heavy (non-hydrogen) atoms. The van der Waals surface area contributed by atoms with Crippen LogP contribution < -0.4 is 5.32 Å². The van der Waals surface area contributed by atoms with Crippen LogP contribution in [-0.2, 0) is 13.1 Å². The van der Waals surface area contributed by atoms with Crippen LogP contribution in [0.3, 0.4) is 0 Å². The summed E-state index contributed by atoms with van der Waals surface area (Å²) in [6.45, 7) is 1.49. The van der Waals surface area contributed by atoms with Crippen LogP contribution in [0.25, 0.3) is 0 Å². The van der Waals surface area contributed by atoms with Gasteiger partial charge in [0.1, 0.15) is 5.75 Å². The third kappa shape index (κ3) is 2.84. The summed E-state index contributed by atoms with van der Waals surface area (Å²) < 4.78 is 1.14. The number of rotatable bonds is 4. The van der Waals surface area contributed by atoms with Crippen LogP contribution in [0, 0.1) is 0 Å². The molecule has 0 saturated carbocycles. The van der Waals surface area contributed by atoms with Gasteiger partial charge in [-0.1, -0.05) is 18.2 Å². The van der Waals surface area contributed by atoms with Crippen LogP contribution in [0.15, 0.2) is 40.2 Å². The van der Waals surface area contributed by atoms with Gasteiger partial charge in [0.2, 0.25) is 0 Å². The molecule has 0 unspecified atom stereocenters. The molecule has 84 valence electrons. The Morgan fingerprint density at radius 2 is 2.00 bits per heavy atom. The molecule has 2 aromatic rings. The summed E-state index contributed by atoms with van der Waals surface area (Å²) >= 11 is 5.21.